The molecule has 1 aliphatic heterocycles. The first-order chi connectivity index (χ1) is 26.8. The van der Waals surface area contributed by atoms with Crippen molar-refractivity contribution in [1.82, 2.24) is 25.8 Å². The Balaban J connectivity index is 0.873. The first-order valence-corrected chi connectivity index (χ1v) is 20.0. The van der Waals surface area contributed by atoms with Crippen LogP contribution in [-0.2, 0) is 34.6 Å². The Morgan fingerprint density at radius 1 is 0.982 bits per heavy atom. The number of hydrogen-bond acceptors (Lipinski definition) is 10. The van der Waals surface area contributed by atoms with Gasteiger partial charge in [0.2, 0.25) is 5.56 Å². The number of esters is 1. The summed E-state index contributed by atoms with van der Waals surface area (Å²) in [5.74, 6) is -0.403. The number of aliphatic hydroxyl groups excluding tert-OH is 1. The van der Waals surface area contributed by atoms with Gasteiger partial charge in [-0.1, -0.05) is 60.7 Å². The van der Waals surface area contributed by atoms with E-state index in [2.05, 4.69) is 56.2 Å². The van der Waals surface area contributed by atoms with Crippen LogP contribution in [0.25, 0.3) is 10.9 Å². The van der Waals surface area contributed by atoms with Crippen LogP contribution in [0, 0.1) is 0 Å². The number of benzene rings is 3. The Labute approximate surface area is 324 Å². The zero-order valence-electron chi connectivity index (χ0n) is 30.9. The van der Waals surface area contributed by atoms with Gasteiger partial charge in [0.05, 0.1) is 16.5 Å². The van der Waals surface area contributed by atoms with Gasteiger partial charge in [-0.05, 0) is 98.1 Å². The highest BCUT2D eigenvalue weighted by atomic mass is 32.1. The number of aliphatic hydroxyl groups is 1. The number of aromatic amines is 1. The third-order valence-electron chi connectivity index (χ3n) is 10.7. The maximum atomic E-state index is 14.2. The highest BCUT2D eigenvalue weighted by Gasteiger charge is 2.47. The summed E-state index contributed by atoms with van der Waals surface area (Å²) < 4.78 is 6.33. The number of thiophene rings is 1. The van der Waals surface area contributed by atoms with Gasteiger partial charge in [-0.3, -0.25) is 19.8 Å². The average Bonchev–Trinajstić information content (AvgIpc) is 3.83. The minimum Gasteiger partial charge on any atom is -0.506 e. The molecule has 2 aliphatic rings. The number of rotatable bonds is 16. The third-order valence-corrected chi connectivity index (χ3v) is 11.8. The third kappa shape index (κ3) is 9.17. The van der Waals surface area contributed by atoms with E-state index in [1.165, 1.54) is 29.0 Å². The van der Waals surface area contributed by atoms with Crippen molar-refractivity contribution in [2.24, 2.45) is 0 Å². The molecule has 11 nitrogen and oxygen atoms in total. The molecule has 55 heavy (non-hydrogen) atoms. The summed E-state index contributed by atoms with van der Waals surface area (Å²) in [7, 11) is 0. The van der Waals surface area contributed by atoms with Gasteiger partial charge >= 0.3 is 5.97 Å². The van der Waals surface area contributed by atoms with Crippen LogP contribution < -0.4 is 21.5 Å². The Morgan fingerprint density at radius 2 is 1.80 bits per heavy atom. The van der Waals surface area contributed by atoms with Crippen LogP contribution in [0.5, 0.6) is 5.75 Å². The Kier molecular flexibility index (Phi) is 12.4. The molecule has 3 heterocycles. The number of carbonyl (C=O) groups excluding carboxylic acids is 2. The van der Waals surface area contributed by atoms with Crippen molar-refractivity contribution in [2.75, 3.05) is 32.7 Å². The van der Waals surface area contributed by atoms with E-state index < -0.39 is 11.6 Å². The van der Waals surface area contributed by atoms with E-state index in [0.717, 1.165) is 61.2 Å². The number of ether oxygens (including phenoxy) is 1. The van der Waals surface area contributed by atoms with Crippen molar-refractivity contribution in [3.05, 3.63) is 133 Å². The molecule has 0 bridgehead atoms. The molecule has 3 atom stereocenters. The second-order valence-electron chi connectivity index (χ2n) is 14.5. The second kappa shape index (κ2) is 17.7. The van der Waals surface area contributed by atoms with Gasteiger partial charge < -0.3 is 30.6 Å². The monoisotopic (exact) mass is 763 g/mol. The van der Waals surface area contributed by atoms with E-state index in [1.807, 2.05) is 36.4 Å². The number of unbranched alkanes of at least 4 members (excludes halogenated alkanes) is 1. The zero-order valence-corrected chi connectivity index (χ0v) is 31.7. The van der Waals surface area contributed by atoms with Crippen LogP contribution in [0.15, 0.2) is 95.8 Å². The molecule has 3 aromatic carbocycles. The number of amides is 1. The molecule has 2 unspecified atom stereocenters. The normalized spacial score (nSPS) is 18.9. The maximum absolute atomic E-state index is 14.2. The number of nitrogens with one attached hydrogen (secondary N) is 4. The van der Waals surface area contributed by atoms with Gasteiger partial charge in [-0.15, -0.1) is 11.3 Å². The number of piperidine rings is 1. The molecule has 6 N–H and O–H groups in total. The van der Waals surface area contributed by atoms with E-state index in [-0.39, 0.29) is 29.3 Å². The molecule has 0 radical (unpaired) electrons. The fourth-order valence-corrected chi connectivity index (χ4v) is 8.68. The lowest BCUT2D eigenvalue weighted by molar-refractivity contribution is -0.160. The SMILES string of the molecule is O=C(NCCCCNCC(O)c1ccc(O)c2[nH]c(=O)ccc12)c1ccc(CNC2(C(=O)O[C@@H]3CCCN(Cc4ccccc4)C3)CCc3ccccc32)s1. The summed E-state index contributed by atoms with van der Waals surface area (Å²) in [5, 5.41) is 31.3. The summed E-state index contributed by atoms with van der Waals surface area (Å²) >= 11 is 1.42. The predicted molar refractivity (Wildman–Crippen MR) is 214 cm³/mol. The van der Waals surface area contributed by atoms with E-state index in [9.17, 15) is 24.6 Å². The number of fused-ring (bicyclic) bond motifs is 2. The van der Waals surface area contributed by atoms with Crippen LogP contribution in [0.1, 0.15) is 75.0 Å². The molecular formula is C43H49N5O6S. The zero-order chi connectivity index (χ0) is 38.2. The lowest BCUT2D eigenvalue weighted by atomic mass is 9.91. The summed E-state index contributed by atoms with van der Waals surface area (Å²) in [6.07, 6.45) is 3.79. The number of phenolic OH excluding ortho intramolecular Hbond substituents is 1. The molecule has 1 amide bonds. The molecular weight excluding hydrogens is 715 g/mol. The number of hydrogen-bond donors (Lipinski definition) is 6. The van der Waals surface area contributed by atoms with Crippen molar-refractivity contribution in [3.63, 3.8) is 0 Å². The molecule has 12 heteroatoms. The van der Waals surface area contributed by atoms with Gasteiger partial charge in [-0.2, -0.15) is 0 Å². The molecule has 2 aromatic heterocycles. The fraction of sp³-hybridized carbons (Fsp3) is 0.372. The first-order valence-electron chi connectivity index (χ1n) is 19.2. The number of carbonyl (C=O) groups is 2. The van der Waals surface area contributed by atoms with Crippen LogP contribution in [0.2, 0.25) is 0 Å². The van der Waals surface area contributed by atoms with E-state index >= 15 is 0 Å². The number of aryl methyl sites for hydroxylation is 1. The fourth-order valence-electron chi connectivity index (χ4n) is 7.82. The Hall–Kier alpha value is -4.85. The quantitative estimate of drug-likeness (QED) is 0.0583. The van der Waals surface area contributed by atoms with Crippen LogP contribution in [-0.4, -0.2) is 70.8 Å². The molecule has 1 saturated heterocycles. The molecule has 1 fully saturated rings. The summed E-state index contributed by atoms with van der Waals surface area (Å²) in [6, 6.07) is 28.4. The van der Waals surface area contributed by atoms with E-state index in [0.29, 0.717) is 60.5 Å². The number of pyridine rings is 1. The smallest absolute Gasteiger partial charge is 0.331 e. The van der Waals surface area contributed by atoms with Crippen LogP contribution >= 0.6 is 11.3 Å². The highest BCUT2D eigenvalue weighted by Crippen LogP contribution is 2.39. The number of likely N-dealkylation sites (tertiary alicyclic amines) is 1. The van der Waals surface area contributed by atoms with Gasteiger partial charge in [0.1, 0.15) is 17.4 Å². The Bertz CT molecular complexity index is 2150. The number of phenols is 1. The molecule has 0 spiro atoms. The molecule has 7 rings (SSSR count). The van der Waals surface area contributed by atoms with Crippen molar-refractivity contribution < 1.29 is 24.5 Å². The van der Waals surface area contributed by atoms with Crippen LogP contribution in [0.4, 0.5) is 0 Å². The minimum absolute atomic E-state index is 0.0450. The summed E-state index contributed by atoms with van der Waals surface area (Å²) in [4.78, 5) is 45.4. The summed E-state index contributed by atoms with van der Waals surface area (Å²) in [6.45, 7) is 4.43. The van der Waals surface area contributed by atoms with Crippen molar-refractivity contribution in [2.45, 2.75) is 69.4 Å². The topological polar surface area (TPSA) is 156 Å². The first kappa shape index (κ1) is 38.4. The number of aromatic hydroxyl groups is 1. The standard InChI is InChI=1S/C43H49N5O6S/c49-36-17-15-33(34-16-19-39(51)47-40(34)36)37(50)26-44-22-6-7-23-45-41(52)38-18-14-32(55-38)25-46-43(21-20-30-11-4-5-13-35(30)43)42(53)54-31-12-8-24-48(28-31)27-29-9-2-1-3-10-29/h1-5,9-11,13-19,31,37,44,46,49-50H,6-8,12,20-28H2,(H,45,52)(H,47,51)/t31-,37?,43?/m1/s1. The van der Waals surface area contributed by atoms with Gasteiger partial charge in [-0.25, -0.2) is 4.79 Å². The second-order valence-corrected chi connectivity index (χ2v) is 15.7. The molecule has 5 aromatic rings. The molecule has 1 aliphatic carbocycles. The number of nitrogens with zero attached hydrogens (tertiary/aromatic N) is 1. The lowest BCUT2D eigenvalue weighted by Gasteiger charge is -2.36. The Morgan fingerprint density at radius 3 is 2.67 bits per heavy atom. The van der Waals surface area contributed by atoms with E-state index in [1.54, 1.807) is 12.1 Å². The maximum Gasteiger partial charge on any atom is 0.331 e. The van der Waals surface area contributed by atoms with Crippen molar-refractivity contribution in [3.8, 4) is 5.75 Å². The largest absolute Gasteiger partial charge is 0.506 e. The van der Waals surface area contributed by atoms with Gasteiger partial charge in [0.15, 0.2) is 0 Å². The van der Waals surface area contributed by atoms with Crippen molar-refractivity contribution in [1.29, 1.82) is 0 Å². The number of H-pyrrole nitrogens is 1. The predicted octanol–water partition coefficient (Wildman–Crippen LogP) is 5.27. The minimum atomic E-state index is -0.951. The van der Waals surface area contributed by atoms with E-state index in [4.69, 9.17) is 4.74 Å². The van der Waals surface area contributed by atoms with Gasteiger partial charge in [0, 0.05) is 49.1 Å². The average molecular weight is 764 g/mol. The molecule has 288 valence electrons. The lowest BCUT2D eigenvalue weighted by Crippen LogP contribution is -2.51. The number of aromatic nitrogens is 1. The van der Waals surface area contributed by atoms with Crippen LogP contribution in [0.3, 0.4) is 0 Å². The highest BCUT2D eigenvalue weighted by molar-refractivity contribution is 7.14. The summed E-state index contributed by atoms with van der Waals surface area (Å²) in [5.41, 5.74) is 3.03. The van der Waals surface area contributed by atoms with Crippen molar-refractivity contribution >= 4 is 34.1 Å². The van der Waals surface area contributed by atoms with Gasteiger partial charge in [0.25, 0.3) is 5.91 Å². The molecule has 0 saturated carbocycles.